The van der Waals surface area contributed by atoms with Gasteiger partial charge < -0.3 is 4.74 Å². The van der Waals surface area contributed by atoms with Gasteiger partial charge in [0.25, 0.3) is 0 Å². The third-order valence-corrected chi connectivity index (χ3v) is 2.46. The highest BCUT2D eigenvalue weighted by molar-refractivity contribution is 5.79. The first-order valence-corrected chi connectivity index (χ1v) is 4.34. The van der Waals surface area contributed by atoms with Gasteiger partial charge in [-0.3, -0.25) is 9.78 Å². The van der Waals surface area contributed by atoms with E-state index in [1.807, 2.05) is 12.1 Å². The summed E-state index contributed by atoms with van der Waals surface area (Å²) in [5.74, 6) is -0.236. The first-order valence-electron chi connectivity index (χ1n) is 4.34. The van der Waals surface area contributed by atoms with Crippen LogP contribution < -0.4 is 0 Å². The lowest BCUT2D eigenvalue weighted by molar-refractivity contribution is -0.142. The standard InChI is InChI=1S/C10H11NO2/c1-13-10(12)8-4-5-9-7(8)3-2-6-11-9/h2-3,6,8H,4-5H2,1H3/t8-/m1/s1. The summed E-state index contributed by atoms with van der Waals surface area (Å²) < 4.78 is 4.72. The SMILES string of the molecule is COC(=O)[C@@H]1CCc2ncccc21. The van der Waals surface area contributed by atoms with E-state index >= 15 is 0 Å². The number of hydrogen-bond donors (Lipinski definition) is 0. The molecule has 2 rings (SSSR count). The number of aryl methyl sites for hydroxylation is 1. The average Bonchev–Trinajstić information content (AvgIpc) is 2.60. The van der Waals surface area contributed by atoms with Crippen molar-refractivity contribution < 1.29 is 9.53 Å². The normalized spacial score (nSPS) is 19.6. The molecule has 0 amide bonds. The van der Waals surface area contributed by atoms with Crippen LogP contribution in [0.4, 0.5) is 0 Å². The first kappa shape index (κ1) is 8.23. The van der Waals surface area contributed by atoms with Crippen molar-refractivity contribution in [3.63, 3.8) is 0 Å². The number of fused-ring (bicyclic) bond motifs is 1. The van der Waals surface area contributed by atoms with Crippen molar-refractivity contribution in [2.75, 3.05) is 7.11 Å². The molecule has 68 valence electrons. The Bertz CT molecular complexity index is 335. The van der Waals surface area contributed by atoms with Crippen molar-refractivity contribution in [3.05, 3.63) is 29.6 Å². The van der Waals surface area contributed by atoms with E-state index in [9.17, 15) is 4.79 Å². The molecule has 0 saturated heterocycles. The van der Waals surface area contributed by atoms with Crippen molar-refractivity contribution in [3.8, 4) is 0 Å². The van der Waals surface area contributed by atoms with Gasteiger partial charge in [0, 0.05) is 11.9 Å². The van der Waals surface area contributed by atoms with Crippen LogP contribution in [0, 0.1) is 0 Å². The van der Waals surface area contributed by atoms with Crippen LogP contribution in [0.25, 0.3) is 0 Å². The van der Waals surface area contributed by atoms with Gasteiger partial charge in [-0.15, -0.1) is 0 Å². The molecule has 0 fully saturated rings. The van der Waals surface area contributed by atoms with E-state index < -0.39 is 0 Å². The number of nitrogens with zero attached hydrogens (tertiary/aromatic N) is 1. The van der Waals surface area contributed by atoms with E-state index in [0.717, 1.165) is 24.1 Å². The summed E-state index contributed by atoms with van der Waals surface area (Å²) in [6.45, 7) is 0. The molecule has 0 saturated carbocycles. The predicted molar refractivity (Wildman–Crippen MR) is 47.3 cm³/mol. The van der Waals surface area contributed by atoms with Gasteiger partial charge in [-0.2, -0.15) is 0 Å². The van der Waals surface area contributed by atoms with Gasteiger partial charge in [-0.05, 0) is 24.5 Å². The van der Waals surface area contributed by atoms with Crippen molar-refractivity contribution in [2.24, 2.45) is 0 Å². The molecular formula is C10H11NO2. The molecule has 1 aliphatic carbocycles. The highest BCUT2D eigenvalue weighted by atomic mass is 16.5. The average molecular weight is 177 g/mol. The van der Waals surface area contributed by atoms with Crippen molar-refractivity contribution in [1.29, 1.82) is 0 Å². The number of rotatable bonds is 1. The molecule has 0 unspecified atom stereocenters. The number of methoxy groups -OCH3 is 1. The second kappa shape index (κ2) is 3.17. The Morgan fingerprint density at radius 3 is 3.31 bits per heavy atom. The minimum Gasteiger partial charge on any atom is -0.469 e. The highest BCUT2D eigenvalue weighted by Gasteiger charge is 2.29. The van der Waals surface area contributed by atoms with Gasteiger partial charge in [0.2, 0.25) is 0 Å². The Morgan fingerprint density at radius 2 is 2.54 bits per heavy atom. The Kier molecular flexibility index (Phi) is 2.00. The largest absolute Gasteiger partial charge is 0.469 e. The van der Waals surface area contributed by atoms with Crippen molar-refractivity contribution >= 4 is 5.97 Å². The van der Waals surface area contributed by atoms with Gasteiger partial charge in [-0.25, -0.2) is 0 Å². The first-order chi connectivity index (χ1) is 6.33. The van der Waals surface area contributed by atoms with Crippen LogP contribution in [-0.2, 0) is 16.0 Å². The lowest BCUT2D eigenvalue weighted by Gasteiger charge is -2.07. The third-order valence-electron chi connectivity index (χ3n) is 2.46. The molecule has 1 aromatic heterocycles. The van der Waals surface area contributed by atoms with Gasteiger partial charge >= 0.3 is 5.97 Å². The van der Waals surface area contributed by atoms with Crippen molar-refractivity contribution in [2.45, 2.75) is 18.8 Å². The quantitative estimate of drug-likeness (QED) is 0.607. The Balaban J connectivity index is 2.33. The molecule has 1 aliphatic rings. The Labute approximate surface area is 76.7 Å². The number of carbonyl (C=O) groups is 1. The van der Waals surface area contributed by atoms with E-state index in [0.29, 0.717) is 0 Å². The molecule has 1 aromatic rings. The lowest BCUT2D eigenvalue weighted by atomic mass is 10.0. The maximum absolute atomic E-state index is 11.3. The molecule has 0 aromatic carbocycles. The van der Waals surface area contributed by atoms with Crippen LogP contribution in [0.5, 0.6) is 0 Å². The van der Waals surface area contributed by atoms with Gasteiger partial charge in [-0.1, -0.05) is 6.07 Å². The van der Waals surface area contributed by atoms with Crippen LogP contribution in [-0.4, -0.2) is 18.1 Å². The summed E-state index contributed by atoms with van der Waals surface area (Å²) in [5, 5.41) is 0. The van der Waals surface area contributed by atoms with Crippen molar-refractivity contribution in [1.82, 2.24) is 4.98 Å². The molecular weight excluding hydrogens is 166 g/mol. The van der Waals surface area contributed by atoms with E-state index in [1.165, 1.54) is 7.11 Å². The highest BCUT2D eigenvalue weighted by Crippen LogP contribution is 2.31. The number of aromatic nitrogens is 1. The van der Waals surface area contributed by atoms with Crippen LogP contribution in [0.15, 0.2) is 18.3 Å². The molecule has 3 heteroatoms. The minimum absolute atomic E-state index is 0.0892. The number of carbonyl (C=O) groups excluding carboxylic acids is 1. The second-order valence-corrected chi connectivity index (χ2v) is 3.15. The van der Waals surface area contributed by atoms with Gasteiger partial charge in [0.05, 0.1) is 13.0 Å². The fraction of sp³-hybridized carbons (Fsp3) is 0.400. The van der Waals surface area contributed by atoms with Gasteiger partial charge in [0.1, 0.15) is 0 Å². The zero-order chi connectivity index (χ0) is 9.26. The van der Waals surface area contributed by atoms with E-state index in [4.69, 9.17) is 4.74 Å². The summed E-state index contributed by atoms with van der Waals surface area (Å²) in [5.41, 5.74) is 2.08. The Morgan fingerprint density at radius 1 is 1.69 bits per heavy atom. The zero-order valence-electron chi connectivity index (χ0n) is 7.49. The smallest absolute Gasteiger partial charge is 0.313 e. The summed E-state index contributed by atoms with van der Waals surface area (Å²) in [6.07, 6.45) is 3.48. The fourth-order valence-electron chi connectivity index (χ4n) is 1.80. The van der Waals surface area contributed by atoms with E-state index in [-0.39, 0.29) is 11.9 Å². The molecule has 0 spiro atoms. The molecule has 1 atom stereocenters. The third kappa shape index (κ3) is 1.30. The molecule has 3 nitrogen and oxygen atoms in total. The summed E-state index contributed by atoms with van der Waals surface area (Å²) in [4.78, 5) is 15.5. The summed E-state index contributed by atoms with van der Waals surface area (Å²) >= 11 is 0. The molecule has 0 aliphatic heterocycles. The van der Waals surface area contributed by atoms with E-state index in [1.54, 1.807) is 6.20 Å². The van der Waals surface area contributed by atoms with Gasteiger partial charge in [0.15, 0.2) is 0 Å². The molecule has 0 radical (unpaired) electrons. The Hall–Kier alpha value is -1.38. The van der Waals surface area contributed by atoms with Crippen LogP contribution in [0.2, 0.25) is 0 Å². The summed E-state index contributed by atoms with van der Waals surface area (Å²) in [6, 6.07) is 3.82. The van der Waals surface area contributed by atoms with Crippen LogP contribution in [0.1, 0.15) is 23.6 Å². The maximum Gasteiger partial charge on any atom is 0.313 e. The molecule has 0 bridgehead atoms. The van der Waals surface area contributed by atoms with Crippen LogP contribution in [0.3, 0.4) is 0 Å². The topological polar surface area (TPSA) is 39.2 Å². The zero-order valence-corrected chi connectivity index (χ0v) is 7.49. The number of ether oxygens (including phenoxy) is 1. The molecule has 13 heavy (non-hydrogen) atoms. The maximum atomic E-state index is 11.3. The lowest BCUT2D eigenvalue weighted by Crippen LogP contribution is -2.11. The van der Waals surface area contributed by atoms with Crippen LogP contribution >= 0.6 is 0 Å². The molecule has 1 heterocycles. The molecule has 0 N–H and O–H groups in total. The number of hydrogen-bond acceptors (Lipinski definition) is 3. The number of esters is 1. The minimum atomic E-state index is -0.147. The second-order valence-electron chi connectivity index (χ2n) is 3.15. The number of pyridine rings is 1. The fourth-order valence-corrected chi connectivity index (χ4v) is 1.80. The monoisotopic (exact) mass is 177 g/mol. The predicted octanol–water partition coefficient (Wildman–Crippen LogP) is 1.28. The summed E-state index contributed by atoms with van der Waals surface area (Å²) in [7, 11) is 1.43. The van der Waals surface area contributed by atoms with E-state index in [2.05, 4.69) is 4.98 Å².